The van der Waals surface area contributed by atoms with Crippen molar-refractivity contribution in [2.24, 2.45) is 30.7 Å². The highest BCUT2D eigenvalue weighted by Gasteiger charge is 2.58. The van der Waals surface area contributed by atoms with Crippen LogP contribution in [0.2, 0.25) is 0 Å². The van der Waals surface area contributed by atoms with Crippen molar-refractivity contribution >= 4 is 0 Å². The Balaban J connectivity index is 1.68. The molecule has 0 saturated heterocycles. The lowest BCUT2D eigenvalue weighted by Gasteiger charge is -2.16. The molecule has 0 bridgehead atoms. The highest BCUT2D eigenvalue weighted by Crippen LogP contribution is 2.65. The molecule has 0 aliphatic heterocycles. The first-order chi connectivity index (χ1) is 7.16. The molecule has 1 aromatic heterocycles. The summed E-state index contributed by atoms with van der Waals surface area (Å²) in [7, 11) is 1.95. The van der Waals surface area contributed by atoms with Gasteiger partial charge in [-0.05, 0) is 36.5 Å². The van der Waals surface area contributed by atoms with Crippen LogP contribution >= 0.6 is 0 Å². The predicted molar refractivity (Wildman–Crippen MR) is 58.3 cm³/mol. The highest BCUT2D eigenvalue weighted by molar-refractivity contribution is 5.18. The summed E-state index contributed by atoms with van der Waals surface area (Å²) in [6.07, 6.45) is 4.64. The fourth-order valence-electron chi connectivity index (χ4n) is 3.32. The van der Waals surface area contributed by atoms with Gasteiger partial charge in [0, 0.05) is 13.0 Å². The molecular weight excluding hydrogens is 186 g/mol. The minimum absolute atomic E-state index is 0.696. The molecule has 0 spiro atoms. The fraction of sp³-hybridized carbons (Fsp3) is 0.833. The number of nitrogens with zero attached hydrogens (tertiary/aromatic N) is 3. The van der Waals surface area contributed by atoms with Gasteiger partial charge in [0.05, 0.1) is 0 Å². The van der Waals surface area contributed by atoms with Crippen molar-refractivity contribution in [2.75, 3.05) is 0 Å². The average Bonchev–Trinajstić information content (AvgIpc) is 2.62. The summed E-state index contributed by atoms with van der Waals surface area (Å²) in [6, 6.07) is 0. The van der Waals surface area contributed by atoms with Crippen LogP contribution in [0.25, 0.3) is 0 Å². The topological polar surface area (TPSA) is 30.7 Å². The van der Waals surface area contributed by atoms with Gasteiger partial charge in [-0.2, -0.15) is 5.10 Å². The summed E-state index contributed by atoms with van der Waals surface area (Å²) in [5, 5.41) is 4.43. The van der Waals surface area contributed by atoms with Gasteiger partial charge in [-0.15, -0.1) is 0 Å². The summed E-state index contributed by atoms with van der Waals surface area (Å²) in [5.41, 5.74) is 0. The molecule has 82 valence electrons. The molecule has 0 N–H and O–H groups in total. The van der Waals surface area contributed by atoms with Crippen molar-refractivity contribution < 1.29 is 0 Å². The second kappa shape index (κ2) is 3.06. The van der Waals surface area contributed by atoms with E-state index in [1.807, 2.05) is 18.1 Å². The minimum atomic E-state index is 0.696. The smallest absolute Gasteiger partial charge is 0.154 e. The first-order valence-corrected chi connectivity index (χ1v) is 6.02. The van der Waals surface area contributed by atoms with Crippen molar-refractivity contribution in [2.45, 2.75) is 32.6 Å². The van der Waals surface area contributed by atoms with Gasteiger partial charge in [0.2, 0.25) is 0 Å². The summed E-state index contributed by atoms with van der Waals surface area (Å²) in [4.78, 5) is 4.38. The number of aromatic nitrogens is 3. The van der Waals surface area contributed by atoms with Crippen LogP contribution in [0, 0.1) is 23.7 Å². The maximum absolute atomic E-state index is 4.43. The first-order valence-electron chi connectivity index (χ1n) is 6.02. The second-order valence-electron chi connectivity index (χ2n) is 5.61. The standard InChI is InChI=1S/C12H19N3/c1-7(2)8-4-9-10(5-8)11(9)12-13-6-15(3)14-12/h6-11H,4-5H2,1-3H3/t8?,9-,10?,11?/m0/s1. The van der Waals surface area contributed by atoms with Gasteiger partial charge in [-0.25, -0.2) is 4.98 Å². The van der Waals surface area contributed by atoms with E-state index in [0.717, 1.165) is 29.5 Å². The third kappa shape index (κ3) is 1.40. The van der Waals surface area contributed by atoms with E-state index < -0.39 is 0 Å². The third-order valence-corrected chi connectivity index (χ3v) is 4.34. The van der Waals surface area contributed by atoms with Crippen molar-refractivity contribution in [3.63, 3.8) is 0 Å². The lowest BCUT2D eigenvalue weighted by Crippen LogP contribution is -2.08. The monoisotopic (exact) mass is 205 g/mol. The molecule has 15 heavy (non-hydrogen) atoms. The molecule has 4 atom stereocenters. The lowest BCUT2D eigenvalue weighted by atomic mass is 9.89. The number of rotatable bonds is 2. The Morgan fingerprint density at radius 3 is 2.47 bits per heavy atom. The van der Waals surface area contributed by atoms with Crippen LogP contribution in [0.3, 0.4) is 0 Å². The molecule has 0 aromatic carbocycles. The Morgan fingerprint density at radius 2 is 2.00 bits per heavy atom. The van der Waals surface area contributed by atoms with E-state index in [0.29, 0.717) is 5.92 Å². The normalized spacial score (nSPS) is 38.4. The van der Waals surface area contributed by atoms with Gasteiger partial charge >= 0.3 is 0 Å². The third-order valence-electron chi connectivity index (χ3n) is 4.34. The first kappa shape index (κ1) is 9.37. The number of hydrogen-bond donors (Lipinski definition) is 0. The van der Waals surface area contributed by atoms with Crippen LogP contribution in [0.4, 0.5) is 0 Å². The predicted octanol–water partition coefficient (Wildman–Crippen LogP) is 2.21. The SMILES string of the molecule is CC(C)C1CC2C(c3ncn(C)n3)[C@H]2C1. The fourth-order valence-corrected chi connectivity index (χ4v) is 3.32. The minimum Gasteiger partial charge on any atom is -0.256 e. The van der Waals surface area contributed by atoms with Crippen LogP contribution in [-0.4, -0.2) is 14.8 Å². The highest BCUT2D eigenvalue weighted by atomic mass is 15.3. The number of fused-ring (bicyclic) bond motifs is 1. The zero-order chi connectivity index (χ0) is 10.6. The molecule has 3 rings (SSSR count). The van der Waals surface area contributed by atoms with Crippen molar-refractivity contribution in [3.8, 4) is 0 Å². The van der Waals surface area contributed by atoms with Gasteiger partial charge in [0.15, 0.2) is 5.82 Å². The Hall–Kier alpha value is -0.860. The molecule has 2 aliphatic rings. The quantitative estimate of drug-likeness (QED) is 0.741. The van der Waals surface area contributed by atoms with Crippen LogP contribution in [0.1, 0.15) is 38.4 Å². The summed E-state index contributed by atoms with van der Waals surface area (Å²) in [6.45, 7) is 4.70. The van der Waals surface area contributed by atoms with Gasteiger partial charge in [0.25, 0.3) is 0 Å². The zero-order valence-corrected chi connectivity index (χ0v) is 9.72. The van der Waals surface area contributed by atoms with Gasteiger partial charge in [0.1, 0.15) is 6.33 Å². The number of hydrogen-bond acceptors (Lipinski definition) is 2. The molecule has 1 heterocycles. The number of aryl methyl sites for hydroxylation is 1. The maximum atomic E-state index is 4.43. The van der Waals surface area contributed by atoms with E-state index >= 15 is 0 Å². The average molecular weight is 205 g/mol. The largest absolute Gasteiger partial charge is 0.256 e. The van der Waals surface area contributed by atoms with Gasteiger partial charge in [-0.1, -0.05) is 13.8 Å². The van der Waals surface area contributed by atoms with E-state index in [1.54, 1.807) is 0 Å². The molecule has 1 aromatic rings. The van der Waals surface area contributed by atoms with E-state index in [-0.39, 0.29) is 0 Å². The van der Waals surface area contributed by atoms with Crippen molar-refractivity contribution in [1.82, 2.24) is 14.8 Å². The van der Waals surface area contributed by atoms with Crippen LogP contribution in [0.15, 0.2) is 6.33 Å². The Bertz CT molecular complexity index is 357. The maximum Gasteiger partial charge on any atom is 0.154 e. The van der Waals surface area contributed by atoms with Crippen LogP contribution in [0.5, 0.6) is 0 Å². The van der Waals surface area contributed by atoms with E-state index in [4.69, 9.17) is 0 Å². The molecule has 0 radical (unpaired) electrons. The Kier molecular flexibility index (Phi) is 1.91. The van der Waals surface area contributed by atoms with Crippen LogP contribution in [-0.2, 0) is 7.05 Å². The van der Waals surface area contributed by atoms with E-state index in [1.165, 1.54) is 12.8 Å². The molecule has 3 heteroatoms. The summed E-state index contributed by atoms with van der Waals surface area (Å²) < 4.78 is 1.82. The Labute approximate surface area is 90.9 Å². The summed E-state index contributed by atoms with van der Waals surface area (Å²) in [5.74, 6) is 5.41. The molecule has 2 saturated carbocycles. The van der Waals surface area contributed by atoms with Crippen molar-refractivity contribution in [1.29, 1.82) is 0 Å². The lowest BCUT2D eigenvalue weighted by molar-refractivity contribution is 0.351. The van der Waals surface area contributed by atoms with E-state index in [9.17, 15) is 0 Å². The van der Waals surface area contributed by atoms with Gasteiger partial charge in [-0.3, -0.25) is 4.68 Å². The molecule has 0 amide bonds. The van der Waals surface area contributed by atoms with Crippen LogP contribution < -0.4 is 0 Å². The second-order valence-corrected chi connectivity index (χ2v) is 5.61. The van der Waals surface area contributed by atoms with E-state index in [2.05, 4.69) is 23.9 Å². The Morgan fingerprint density at radius 1 is 1.33 bits per heavy atom. The molecule has 3 nitrogen and oxygen atoms in total. The molecule has 3 unspecified atom stereocenters. The summed E-state index contributed by atoms with van der Waals surface area (Å²) >= 11 is 0. The zero-order valence-electron chi connectivity index (χ0n) is 9.72. The van der Waals surface area contributed by atoms with Crippen molar-refractivity contribution in [3.05, 3.63) is 12.2 Å². The molecule has 2 fully saturated rings. The molecule has 2 aliphatic carbocycles. The van der Waals surface area contributed by atoms with Gasteiger partial charge < -0.3 is 0 Å². The molecular formula is C12H19N3.